The molecule has 1 heterocycles. The fraction of sp³-hybridized carbons (Fsp3) is 0.312. The fourth-order valence-corrected chi connectivity index (χ4v) is 2.67. The summed E-state index contributed by atoms with van der Waals surface area (Å²) in [4.78, 5) is 11.9. The van der Waals surface area contributed by atoms with Crippen molar-refractivity contribution in [3.05, 3.63) is 51.4 Å². The van der Waals surface area contributed by atoms with Crippen molar-refractivity contribution in [2.24, 2.45) is 0 Å². The quantitative estimate of drug-likeness (QED) is 0.508. The van der Waals surface area contributed by atoms with Gasteiger partial charge in [-0.25, -0.2) is 4.79 Å². The van der Waals surface area contributed by atoms with Crippen LogP contribution in [0.25, 0.3) is 0 Å². The Hall–Kier alpha value is -2.11. The van der Waals surface area contributed by atoms with E-state index in [2.05, 4.69) is 15.1 Å². The normalized spacial score (nSPS) is 14.4. The fourth-order valence-electron chi connectivity index (χ4n) is 2.09. The molecule has 3 N–H and O–H groups in total. The van der Waals surface area contributed by atoms with E-state index in [0.29, 0.717) is 13.0 Å². The van der Waals surface area contributed by atoms with Gasteiger partial charge in [-0.15, -0.1) is 0 Å². The van der Waals surface area contributed by atoms with Gasteiger partial charge in [0.05, 0.1) is 22.3 Å². The molecular weight excluding hydrogens is 453 g/mol. The Labute approximate surface area is 169 Å². The molecule has 2 aromatic rings. The number of urea groups is 1. The summed E-state index contributed by atoms with van der Waals surface area (Å²) in [7, 11) is 0. The third-order valence-electron chi connectivity index (χ3n) is 3.76. The molecule has 0 radical (unpaired) electrons. The Morgan fingerprint density at radius 3 is 2.10 bits per heavy atom. The first kappa shape index (κ1) is 23.2. The van der Waals surface area contributed by atoms with Crippen LogP contribution in [0.4, 0.5) is 36.8 Å². The van der Waals surface area contributed by atoms with Crippen LogP contribution in [0.5, 0.6) is 0 Å². The van der Waals surface area contributed by atoms with Gasteiger partial charge in [0.15, 0.2) is 5.60 Å². The summed E-state index contributed by atoms with van der Waals surface area (Å²) < 4.78 is 80.7. The predicted octanol–water partition coefficient (Wildman–Crippen LogP) is 5.70. The highest BCUT2D eigenvalue weighted by Crippen LogP contribution is 2.42. The molecule has 2 rings (SSSR count). The number of carbonyl (C=O) groups excluding carboxylic acids is 1. The molecule has 13 heteroatoms. The number of nitrogens with one attached hydrogen (secondary N) is 2. The van der Waals surface area contributed by atoms with Crippen molar-refractivity contribution in [3.8, 4) is 0 Å². The monoisotopic (exact) mass is 464 g/mol. The lowest BCUT2D eigenvalue weighted by molar-refractivity contribution is -0.258. The van der Waals surface area contributed by atoms with Crippen LogP contribution >= 0.6 is 23.2 Å². The summed E-state index contributed by atoms with van der Waals surface area (Å²) in [5.74, 6) is -1.44. The maximum atomic E-state index is 12.9. The molecule has 1 aromatic carbocycles. The van der Waals surface area contributed by atoms with Crippen molar-refractivity contribution in [1.29, 1.82) is 0 Å². The lowest BCUT2D eigenvalue weighted by Gasteiger charge is -2.27. The van der Waals surface area contributed by atoms with E-state index < -0.39 is 51.9 Å². The van der Waals surface area contributed by atoms with Crippen LogP contribution in [-0.2, 0) is 18.3 Å². The van der Waals surface area contributed by atoms with Gasteiger partial charge in [-0.1, -0.05) is 23.2 Å². The Kier molecular flexibility index (Phi) is 6.36. The van der Waals surface area contributed by atoms with E-state index in [1.54, 1.807) is 0 Å². The number of hydrogen-bond donors (Lipinski definition) is 3. The lowest BCUT2D eigenvalue weighted by atomic mass is 9.95. The van der Waals surface area contributed by atoms with Crippen LogP contribution in [0.1, 0.15) is 24.0 Å². The largest absolute Gasteiger partial charge is 0.455 e. The average molecular weight is 465 g/mol. The van der Waals surface area contributed by atoms with Gasteiger partial charge in [-0.05, 0) is 36.8 Å². The topological polar surface area (TPSA) is 74.5 Å². The molecule has 0 saturated carbocycles. The molecule has 0 saturated heterocycles. The molecule has 2 amide bonds. The number of anilines is 1. The van der Waals surface area contributed by atoms with Crippen LogP contribution in [0.15, 0.2) is 28.7 Å². The molecule has 0 aliphatic rings. The van der Waals surface area contributed by atoms with Gasteiger partial charge in [0.1, 0.15) is 5.76 Å². The molecule has 1 unspecified atom stereocenters. The predicted molar refractivity (Wildman–Crippen MR) is 91.7 cm³/mol. The van der Waals surface area contributed by atoms with Gasteiger partial charge in [0.2, 0.25) is 5.76 Å². The third kappa shape index (κ3) is 5.28. The van der Waals surface area contributed by atoms with Crippen molar-refractivity contribution in [2.45, 2.75) is 31.4 Å². The molecule has 0 bridgehead atoms. The van der Waals surface area contributed by atoms with Crippen LogP contribution in [0.3, 0.4) is 0 Å². The number of amides is 2. The van der Waals surface area contributed by atoms with Crippen LogP contribution in [0.2, 0.25) is 10.0 Å². The molecule has 0 aliphatic heterocycles. The number of aliphatic hydroxyl groups is 1. The highest BCUT2D eigenvalue weighted by molar-refractivity contribution is 6.39. The average Bonchev–Trinajstić information content (AvgIpc) is 3.04. The van der Waals surface area contributed by atoms with Crippen molar-refractivity contribution in [1.82, 2.24) is 5.32 Å². The van der Waals surface area contributed by atoms with E-state index >= 15 is 0 Å². The van der Waals surface area contributed by atoms with E-state index in [1.165, 1.54) is 0 Å². The maximum absolute atomic E-state index is 12.9. The molecule has 29 heavy (non-hydrogen) atoms. The van der Waals surface area contributed by atoms with Gasteiger partial charge in [0.25, 0.3) is 0 Å². The number of benzene rings is 1. The zero-order chi connectivity index (χ0) is 22.2. The van der Waals surface area contributed by atoms with Gasteiger partial charge < -0.3 is 20.2 Å². The zero-order valence-corrected chi connectivity index (χ0v) is 15.8. The number of furan rings is 1. The summed E-state index contributed by atoms with van der Waals surface area (Å²) in [6, 6.07) is 2.29. The van der Waals surface area contributed by atoms with E-state index in [4.69, 9.17) is 23.2 Å². The van der Waals surface area contributed by atoms with Crippen LogP contribution < -0.4 is 10.6 Å². The third-order valence-corrected chi connectivity index (χ3v) is 4.36. The Balaban J connectivity index is 2.10. The summed E-state index contributed by atoms with van der Waals surface area (Å²) in [6.45, 7) is 0.0887. The van der Waals surface area contributed by atoms with E-state index in [0.717, 1.165) is 18.2 Å². The first-order chi connectivity index (χ1) is 13.1. The number of carbonyl (C=O) groups is 1. The first-order valence-corrected chi connectivity index (χ1v) is 8.38. The molecule has 5 nitrogen and oxygen atoms in total. The zero-order valence-electron chi connectivity index (χ0n) is 14.3. The smallest absolute Gasteiger partial charge is 0.449 e. The minimum atomic E-state index is -5.01. The van der Waals surface area contributed by atoms with Crippen molar-refractivity contribution < 1.29 is 40.7 Å². The molecule has 0 fully saturated rings. The Morgan fingerprint density at radius 1 is 1.10 bits per heavy atom. The molecule has 1 atom stereocenters. The first-order valence-electron chi connectivity index (χ1n) is 7.62. The Bertz CT molecular complexity index is 886. The van der Waals surface area contributed by atoms with Crippen LogP contribution in [0, 0.1) is 0 Å². The molecule has 160 valence electrons. The lowest BCUT2D eigenvalue weighted by Crippen LogP contribution is -2.39. The summed E-state index contributed by atoms with van der Waals surface area (Å²) in [5.41, 5.74) is -4.15. The van der Waals surface area contributed by atoms with Crippen molar-refractivity contribution in [3.63, 3.8) is 0 Å². The number of rotatable bonds is 4. The van der Waals surface area contributed by atoms with Gasteiger partial charge in [0, 0.05) is 0 Å². The molecular formula is C16H12Cl2F6N2O3. The summed E-state index contributed by atoms with van der Waals surface area (Å²) in [6.07, 6.45) is -9.69. The minimum absolute atomic E-state index is 0.193. The summed E-state index contributed by atoms with van der Waals surface area (Å²) >= 11 is 11.7. The summed E-state index contributed by atoms with van der Waals surface area (Å²) in [5, 5.41) is 13.2. The van der Waals surface area contributed by atoms with E-state index in [9.17, 15) is 36.2 Å². The van der Waals surface area contributed by atoms with Crippen molar-refractivity contribution in [2.75, 3.05) is 5.32 Å². The second-order valence-electron chi connectivity index (χ2n) is 5.96. The molecule has 0 spiro atoms. The number of hydrogen-bond acceptors (Lipinski definition) is 3. The molecule has 1 aromatic heterocycles. The SMILES string of the molecule is CC(O)(c1cc(Cl)c(NC(=O)NCc2ccc(C(F)(F)F)o2)c(Cl)c1)C(F)(F)F. The standard InChI is InChI=1S/C16H12Cl2F6N2O3/c1-14(28,16(22,23)24)7-4-9(17)12(10(18)5-7)26-13(27)25-6-8-2-3-11(29-8)15(19,20)21/h2-5,28H,6H2,1H3,(H2,25,26,27). The maximum Gasteiger partial charge on any atom is 0.449 e. The molecule has 0 aliphatic carbocycles. The second-order valence-corrected chi connectivity index (χ2v) is 6.77. The minimum Gasteiger partial charge on any atom is -0.455 e. The van der Waals surface area contributed by atoms with Gasteiger partial charge >= 0.3 is 18.4 Å². The number of alkyl halides is 6. The van der Waals surface area contributed by atoms with Crippen molar-refractivity contribution >= 4 is 34.9 Å². The highest BCUT2D eigenvalue weighted by Gasteiger charge is 2.51. The van der Waals surface area contributed by atoms with Gasteiger partial charge in [-0.2, -0.15) is 26.3 Å². The number of halogens is 8. The van der Waals surface area contributed by atoms with Gasteiger partial charge in [-0.3, -0.25) is 0 Å². The van der Waals surface area contributed by atoms with E-state index in [1.807, 2.05) is 0 Å². The second kappa shape index (κ2) is 7.96. The Morgan fingerprint density at radius 2 is 1.66 bits per heavy atom. The van der Waals surface area contributed by atoms with Crippen LogP contribution in [-0.4, -0.2) is 17.3 Å². The highest BCUT2D eigenvalue weighted by atomic mass is 35.5. The van der Waals surface area contributed by atoms with E-state index in [-0.39, 0.29) is 11.4 Å².